The number of hydrogen-bond acceptors (Lipinski definition) is 7. The van der Waals surface area contributed by atoms with Gasteiger partial charge in [0.2, 0.25) is 0 Å². The molecule has 0 aromatic carbocycles. The van der Waals surface area contributed by atoms with Gasteiger partial charge in [0, 0.05) is 6.42 Å². The predicted octanol–water partition coefficient (Wildman–Crippen LogP) is 1.40. The number of aromatic carboxylic acids is 1. The van der Waals surface area contributed by atoms with Gasteiger partial charge in [-0.1, -0.05) is 11.8 Å². The van der Waals surface area contributed by atoms with Crippen LogP contribution >= 0.6 is 23.1 Å². The number of rotatable bonds is 3. The largest absolute Gasteiger partial charge is 0.477 e. The van der Waals surface area contributed by atoms with Crippen molar-refractivity contribution >= 4 is 45.3 Å². The summed E-state index contributed by atoms with van der Waals surface area (Å²) >= 11 is 2.09. The van der Waals surface area contributed by atoms with Crippen LogP contribution in [0.1, 0.15) is 21.7 Å². The third kappa shape index (κ3) is 2.42. The molecule has 0 radical (unpaired) electrons. The number of thiophene rings is 1. The zero-order chi connectivity index (χ0) is 15.1. The van der Waals surface area contributed by atoms with Crippen molar-refractivity contribution in [1.29, 1.82) is 0 Å². The van der Waals surface area contributed by atoms with Crippen LogP contribution in [0.5, 0.6) is 0 Å². The van der Waals surface area contributed by atoms with Crippen molar-refractivity contribution < 1.29 is 19.4 Å². The Hall–Kier alpha value is -1.87. The van der Waals surface area contributed by atoms with Crippen LogP contribution in [-0.2, 0) is 9.53 Å². The molecule has 0 saturated carbocycles. The van der Waals surface area contributed by atoms with Crippen LogP contribution in [0.4, 0.5) is 0 Å². The number of ether oxygens (including phenoxy) is 1. The van der Waals surface area contributed by atoms with Crippen molar-refractivity contribution in [3.05, 3.63) is 20.8 Å². The molecule has 1 fully saturated rings. The van der Waals surface area contributed by atoms with E-state index in [9.17, 15) is 14.4 Å². The number of H-pyrrole nitrogens is 1. The van der Waals surface area contributed by atoms with Crippen LogP contribution in [0.15, 0.2) is 9.95 Å². The van der Waals surface area contributed by atoms with Crippen molar-refractivity contribution in [1.82, 2.24) is 9.97 Å². The first-order chi connectivity index (χ1) is 9.97. The minimum atomic E-state index is -1.08. The molecule has 2 aromatic rings. The molecule has 2 aromatic heterocycles. The van der Waals surface area contributed by atoms with Crippen molar-refractivity contribution in [2.45, 2.75) is 23.8 Å². The lowest BCUT2D eigenvalue weighted by Gasteiger charge is -2.04. The molecule has 0 unspecified atom stereocenters. The van der Waals surface area contributed by atoms with Gasteiger partial charge in [-0.3, -0.25) is 9.59 Å². The molecule has 3 heterocycles. The van der Waals surface area contributed by atoms with Crippen LogP contribution in [0, 0.1) is 6.92 Å². The third-order valence-electron chi connectivity index (χ3n) is 3.11. The highest BCUT2D eigenvalue weighted by Crippen LogP contribution is 2.31. The first-order valence-corrected chi connectivity index (χ1v) is 7.77. The van der Waals surface area contributed by atoms with Gasteiger partial charge in [-0.05, 0) is 12.5 Å². The summed E-state index contributed by atoms with van der Waals surface area (Å²) in [6, 6.07) is 0. The topological polar surface area (TPSA) is 109 Å². The maximum absolute atomic E-state index is 12.1. The number of cyclic esters (lactones) is 1. The van der Waals surface area contributed by atoms with Crippen LogP contribution in [-0.4, -0.2) is 38.9 Å². The summed E-state index contributed by atoms with van der Waals surface area (Å²) in [5.74, 6) is -1.40. The fourth-order valence-electron chi connectivity index (χ4n) is 2.10. The Balaban J connectivity index is 2.05. The van der Waals surface area contributed by atoms with Crippen molar-refractivity contribution in [3.63, 3.8) is 0 Å². The molecule has 9 heteroatoms. The Morgan fingerprint density at radius 1 is 1.52 bits per heavy atom. The first kappa shape index (κ1) is 14.1. The third-order valence-corrected chi connectivity index (χ3v) is 5.42. The van der Waals surface area contributed by atoms with E-state index < -0.39 is 11.5 Å². The number of hydrogen-bond donors (Lipinski definition) is 2. The minimum absolute atomic E-state index is 0.102. The number of nitrogens with one attached hydrogen (secondary N) is 1. The Kier molecular flexibility index (Phi) is 3.46. The summed E-state index contributed by atoms with van der Waals surface area (Å²) in [7, 11) is 0. The molecular weight excluding hydrogens is 316 g/mol. The zero-order valence-corrected chi connectivity index (χ0v) is 12.5. The highest BCUT2D eigenvalue weighted by molar-refractivity contribution is 8.00. The Morgan fingerprint density at radius 3 is 2.90 bits per heavy atom. The van der Waals surface area contributed by atoms with Gasteiger partial charge in [0.25, 0.3) is 5.56 Å². The number of thioether (sulfide) groups is 1. The quantitative estimate of drug-likeness (QED) is 0.648. The van der Waals surface area contributed by atoms with Gasteiger partial charge in [0.1, 0.15) is 15.0 Å². The highest BCUT2D eigenvalue weighted by atomic mass is 32.2. The molecule has 1 atom stereocenters. The molecule has 1 aliphatic heterocycles. The smallest absolute Gasteiger partial charge is 0.346 e. The van der Waals surface area contributed by atoms with E-state index in [4.69, 9.17) is 9.84 Å². The van der Waals surface area contributed by atoms with Gasteiger partial charge in [-0.2, -0.15) is 0 Å². The normalized spacial score (nSPS) is 18.1. The maximum atomic E-state index is 12.1. The Labute approximate surface area is 126 Å². The zero-order valence-electron chi connectivity index (χ0n) is 10.8. The van der Waals surface area contributed by atoms with E-state index in [1.165, 1.54) is 0 Å². The van der Waals surface area contributed by atoms with E-state index in [2.05, 4.69) is 9.97 Å². The number of fused-ring (bicyclic) bond motifs is 1. The number of carboxylic acid groups (broad SMARTS) is 1. The van der Waals surface area contributed by atoms with Crippen LogP contribution < -0.4 is 5.56 Å². The molecular formula is C12H10N2O5S2. The highest BCUT2D eigenvalue weighted by Gasteiger charge is 2.29. The standard InChI is InChI=1S/C12H10N2O5S2/c1-4-6-8(15)13-12(20-5-2-3-19-11(5)18)14-9(6)21-7(4)10(16)17/h5H,2-3H2,1H3,(H,16,17)(H,13,14,15)/t5-/m0/s1. The SMILES string of the molecule is Cc1c(C(=O)O)sc2nc(S[C@H]3CCOC3=O)[nH]c(=O)c12. The van der Waals surface area contributed by atoms with E-state index >= 15 is 0 Å². The number of aryl methyl sites for hydroxylation is 1. The van der Waals surface area contributed by atoms with Crippen LogP contribution in [0.25, 0.3) is 10.2 Å². The summed E-state index contributed by atoms with van der Waals surface area (Å²) in [6.45, 7) is 1.95. The van der Waals surface area contributed by atoms with E-state index in [0.29, 0.717) is 28.6 Å². The monoisotopic (exact) mass is 326 g/mol. The van der Waals surface area contributed by atoms with E-state index in [0.717, 1.165) is 23.1 Å². The van der Waals surface area contributed by atoms with Gasteiger partial charge in [-0.15, -0.1) is 11.3 Å². The average molecular weight is 326 g/mol. The molecule has 1 saturated heterocycles. The van der Waals surface area contributed by atoms with Gasteiger partial charge >= 0.3 is 11.9 Å². The first-order valence-electron chi connectivity index (χ1n) is 6.07. The summed E-state index contributed by atoms with van der Waals surface area (Å²) in [4.78, 5) is 42.0. The average Bonchev–Trinajstić information content (AvgIpc) is 2.95. The number of carboxylic acids is 1. The fourth-order valence-corrected chi connectivity index (χ4v) is 4.12. The summed E-state index contributed by atoms with van der Waals surface area (Å²) in [5, 5.41) is 9.30. The lowest BCUT2D eigenvalue weighted by Crippen LogP contribution is -2.14. The van der Waals surface area contributed by atoms with Crippen molar-refractivity contribution in [2.75, 3.05) is 6.61 Å². The molecule has 0 amide bonds. The number of aromatic nitrogens is 2. The molecule has 2 N–H and O–H groups in total. The van der Waals surface area contributed by atoms with Crippen LogP contribution in [0.3, 0.4) is 0 Å². The second-order valence-corrected chi connectivity index (χ2v) is 6.67. The molecule has 0 aliphatic carbocycles. The molecule has 21 heavy (non-hydrogen) atoms. The number of carbonyl (C=O) groups is 2. The second-order valence-electron chi connectivity index (χ2n) is 4.48. The molecule has 3 rings (SSSR count). The number of nitrogens with zero attached hydrogens (tertiary/aromatic N) is 1. The second kappa shape index (κ2) is 5.15. The lowest BCUT2D eigenvalue weighted by atomic mass is 10.2. The number of carbonyl (C=O) groups excluding carboxylic acids is 1. The molecule has 1 aliphatic rings. The van der Waals surface area contributed by atoms with Gasteiger partial charge in [0.15, 0.2) is 5.16 Å². The van der Waals surface area contributed by atoms with E-state index in [1.807, 2.05) is 0 Å². The molecule has 110 valence electrons. The molecule has 0 spiro atoms. The van der Waals surface area contributed by atoms with Gasteiger partial charge in [-0.25, -0.2) is 9.78 Å². The van der Waals surface area contributed by atoms with Crippen LogP contribution in [0.2, 0.25) is 0 Å². The van der Waals surface area contributed by atoms with Crippen molar-refractivity contribution in [2.24, 2.45) is 0 Å². The summed E-state index contributed by atoms with van der Waals surface area (Å²) in [5.41, 5.74) is 0.0168. The molecule has 0 bridgehead atoms. The summed E-state index contributed by atoms with van der Waals surface area (Å²) in [6.07, 6.45) is 0.565. The van der Waals surface area contributed by atoms with Gasteiger partial charge < -0.3 is 14.8 Å². The van der Waals surface area contributed by atoms with Gasteiger partial charge in [0.05, 0.1) is 12.0 Å². The molecule has 7 nitrogen and oxygen atoms in total. The van der Waals surface area contributed by atoms with Crippen molar-refractivity contribution in [3.8, 4) is 0 Å². The fraction of sp³-hybridized carbons (Fsp3) is 0.333. The minimum Gasteiger partial charge on any atom is -0.477 e. The number of esters is 1. The van der Waals surface area contributed by atoms with E-state index in [-0.39, 0.29) is 21.5 Å². The summed E-state index contributed by atoms with van der Waals surface area (Å²) < 4.78 is 4.86. The number of aromatic amines is 1. The Morgan fingerprint density at radius 2 is 2.29 bits per heavy atom. The lowest BCUT2D eigenvalue weighted by molar-refractivity contribution is -0.137. The van der Waals surface area contributed by atoms with E-state index in [1.54, 1.807) is 6.92 Å². The Bertz CT molecular complexity index is 810. The maximum Gasteiger partial charge on any atom is 0.346 e. The predicted molar refractivity (Wildman–Crippen MR) is 77.2 cm³/mol.